The normalized spacial score (nSPS) is 11.5. The van der Waals surface area contributed by atoms with Crippen molar-refractivity contribution in [2.45, 2.75) is 39.1 Å². The highest BCUT2D eigenvalue weighted by Crippen LogP contribution is 2.24. The van der Waals surface area contributed by atoms with Gasteiger partial charge in [-0.1, -0.05) is 39.0 Å². The molecule has 30 heavy (non-hydrogen) atoms. The number of hydrogen-bond donors (Lipinski definition) is 0. The van der Waals surface area contributed by atoms with Crippen LogP contribution in [0.5, 0.6) is 5.75 Å². The van der Waals surface area contributed by atoms with Gasteiger partial charge in [0.1, 0.15) is 11.6 Å². The molecule has 3 aromatic rings. The Bertz CT molecular complexity index is 1070. The van der Waals surface area contributed by atoms with Crippen molar-refractivity contribution in [1.29, 1.82) is 0 Å². The van der Waals surface area contributed by atoms with Crippen LogP contribution >= 0.6 is 11.8 Å². The minimum Gasteiger partial charge on any atom is -0.493 e. The molecule has 0 spiro atoms. The first-order valence-electron chi connectivity index (χ1n) is 9.92. The molecule has 0 saturated heterocycles. The number of benzene rings is 2. The van der Waals surface area contributed by atoms with Gasteiger partial charge < -0.3 is 4.74 Å². The van der Waals surface area contributed by atoms with Crippen molar-refractivity contribution in [3.63, 3.8) is 0 Å². The Balaban J connectivity index is 1.73. The Hall–Kier alpha value is -2.60. The van der Waals surface area contributed by atoms with Crippen LogP contribution in [0.2, 0.25) is 0 Å². The van der Waals surface area contributed by atoms with Crippen LogP contribution in [0.4, 0.5) is 4.39 Å². The lowest BCUT2D eigenvalue weighted by atomic mass is 9.98. The van der Waals surface area contributed by atoms with E-state index in [-0.39, 0.29) is 16.8 Å². The zero-order valence-corrected chi connectivity index (χ0v) is 18.6. The van der Waals surface area contributed by atoms with E-state index in [0.717, 1.165) is 17.0 Å². The Kier molecular flexibility index (Phi) is 6.98. The van der Waals surface area contributed by atoms with E-state index in [1.54, 1.807) is 29.1 Å². The van der Waals surface area contributed by atoms with Gasteiger partial charge in [0.25, 0.3) is 5.56 Å². The third-order valence-electron chi connectivity index (χ3n) is 4.47. The minimum absolute atomic E-state index is 0.0714. The standard InChI is InChI=1S/C24H27FN2O2S/c1-17-15-19(9-10-21(17)29-16-24(2,3)4)27-13-12-26-22(23(27)28)30-14-11-18-7-5-6-8-20(18)25/h5-10,12-13,15H,11,14,16H2,1-4H3. The summed E-state index contributed by atoms with van der Waals surface area (Å²) in [6, 6.07) is 12.4. The molecule has 0 unspecified atom stereocenters. The summed E-state index contributed by atoms with van der Waals surface area (Å²) in [5, 5.41) is 0.402. The number of thioether (sulfide) groups is 1. The van der Waals surface area contributed by atoms with E-state index < -0.39 is 0 Å². The summed E-state index contributed by atoms with van der Waals surface area (Å²) in [5.74, 6) is 1.17. The molecule has 0 N–H and O–H groups in total. The molecule has 3 rings (SSSR count). The predicted octanol–water partition coefficient (Wildman–Crippen LogP) is 5.44. The lowest BCUT2D eigenvalue weighted by Gasteiger charge is -2.20. The summed E-state index contributed by atoms with van der Waals surface area (Å²) in [6.07, 6.45) is 3.81. The van der Waals surface area contributed by atoms with Gasteiger partial charge in [-0.2, -0.15) is 0 Å². The fraction of sp³-hybridized carbons (Fsp3) is 0.333. The molecule has 6 heteroatoms. The number of rotatable bonds is 7. The summed E-state index contributed by atoms with van der Waals surface area (Å²) in [4.78, 5) is 17.1. The monoisotopic (exact) mass is 426 g/mol. The molecule has 1 aromatic heterocycles. The number of nitrogens with zero attached hydrogens (tertiary/aromatic N) is 2. The van der Waals surface area contributed by atoms with Crippen molar-refractivity contribution in [3.05, 3.63) is 82.2 Å². The molecular formula is C24H27FN2O2S. The maximum atomic E-state index is 13.8. The Morgan fingerprint density at radius 3 is 2.63 bits per heavy atom. The lowest BCUT2D eigenvalue weighted by molar-refractivity contribution is 0.197. The van der Waals surface area contributed by atoms with Gasteiger partial charge in [0, 0.05) is 23.8 Å². The van der Waals surface area contributed by atoms with Crippen LogP contribution in [-0.4, -0.2) is 21.9 Å². The second-order valence-corrected chi connectivity index (χ2v) is 9.48. The largest absolute Gasteiger partial charge is 0.493 e. The number of aromatic nitrogens is 2. The molecule has 2 aromatic carbocycles. The quantitative estimate of drug-likeness (QED) is 0.472. The molecule has 1 heterocycles. The van der Waals surface area contributed by atoms with Crippen LogP contribution < -0.4 is 10.3 Å². The average Bonchev–Trinajstić information content (AvgIpc) is 2.69. The van der Waals surface area contributed by atoms with E-state index in [0.29, 0.717) is 29.4 Å². The van der Waals surface area contributed by atoms with Crippen molar-refractivity contribution in [2.75, 3.05) is 12.4 Å². The van der Waals surface area contributed by atoms with E-state index in [4.69, 9.17) is 4.74 Å². The number of ether oxygens (including phenoxy) is 1. The highest BCUT2D eigenvalue weighted by Gasteiger charge is 2.13. The topological polar surface area (TPSA) is 44.1 Å². The minimum atomic E-state index is -0.222. The number of halogens is 1. The Labute approximate surface area is 181 Å². The third-order valence-corrected chi connectivity index (χ3v) is 5.44. The van der Waals surface area contributed by atoms with Crippen LogP contribution in [0.3, 0.4) is 0 Å². The van der Waals surface area contributed by atoms with Crippen LogP contribution in [-0.2, 0) is 6.42 Å². The molecule has 0 aliphatic carbocycles. The van der Waals surface area contributed by atoms with Crippen molar-refractivity contribution in [1.82, 2.24) is 9.55 Å². The third kappa shape index (κ3) is 5.72. The molecule has 4 nitrogen and oxygen atoms in total. The van der Waals surface area contributed by atoms with Gasteiger partial charge >= 0.3 is 0 Å². The SMILES string of the molecule is Cc1cc(-n2ccnc(SCCc3ccccc3F)c2=O)ccc1OCC(C)(C)C. The van der Waals surface area contributed by atoms with Gasteiger partial charge in [0.05, 0.1) is 6.61 Å². The maximum Gasteiger partial charge on any atom is 0.287 e. The highest BCUT2D eigenvalue weighted by atomic mass is 32.2. The van der Waals surface area contributed by atoms with Crippen LogP contribution in [0, 0.1) is 18.2 Å². The summed E-state index contributed by atoms with van der Waals surface area (Å²) in [5.41, 5.74) is 2.26. The first kappa shape index (κ1) is 22.1. The van der Waals surface area contributed by atoms with Crippen molar-refractivity contribution in [3.8, 4) is 11.4 Å². The van der Waals surface area contributed by atoms with Crippen LogP contribution in [0.15, 0.2) is 64.7 Å². The maximum absolute atomic E-state index is 13.8. The van der Waals surface area contributed by atoms with Crippen molar-refractivity contribution >= 4 is 11.8 Å². The van der Waals surface area contributed by atoms with Gasteiger partial charge in [0.2, 0.25) is 0 Å². The first-order chi connectivity index (χ1) is 14.2. The molecule has 158 valence electrons. The fourth-order valence-corrected chi connectivity index (χ4v) is 3.77. The van der Waals surface area contributed by atoms with E-state index in [2.05, 4.69) is 25.8 Å². The molecule has 0 saturated carbocycles. The van der Waals surface area contributed by atoms with Gasteiger partial charge in [-0.25, -0.2) is 9.37 Å². The Morgan fingerprint density at radius 2 is 1.93 bits per heavy atom. The zero-order chi connectivity index (χ0) is 21.7. The van der Waals surface area contributed by atoms with Gasteiger partial charge in [-0.3, -0.25) is 9.36 Å². The second kappa shape index (κ2) is 9.47. The van der Waals surface area contributed by atoms with Gasteiger partial charge in [-0.05, 0) is 54.2 Å². The molecule has 0 radical (unpaired) electrons. The number of hydrogen-bond acceptors (Lipinski definition) is 4. The summed E-state index contributed by atoms with van der Waals surface area (Å²) >= 11 is 1.34. The molecule has 0 atom stereocenters. The Morgan fingerprint density at radius 1 is 1.17 bits per heavy atom. The number of aryl methyl sites for hydroxylation is 2. The van der Waals surface area contributed by atoms with Crippen molar-refractivity contribution in [2.24, 2.45) is 5.41 Å². The van der Waals surface area contributed by atoms with E-state index >= 15 is 0 Å². The molecule has 0 aliphatic rings. The van der Waals surface area contributed by atoms with E-state index in [1.807, 2.05) is 31.2 Å². The van der Waals surface area contributed by atoms with E-state index in [1.165, 1.54) is 17.8 Å². The van der Waals surface area contributed by atoms with Crippen LogP contribution in [0.25, 0.3) is 5.69 Å². The fourth-order valence-electron chi connectivity index (χ4n) is 2.89. The van der Waals surface area contributed by atoms with Gasteiger partial charge in [0.15, 0.2) is 5.03 Å². The van der Waals surface area contributed by atoms with E-state index in [9.17, 15) is 9.18 Å². The summed E-state index contributed by atoms with van der Waals surface area (Å²) < 4.78 is 21.3. The highest BCUT2D eigenvalue weighted by molar-refractivity contribution is 7.99. The molecule has 0 aliphatic heterocycles. The second-order valence-electron chi connectivity index (χ2n) is 8.40. The lowest BCUT2D eigenvalue weighted by Crippen LogP contribution is -2.21. The molecular weight excluding hydrogens is 399 g/mol. The molecule has 0 fully saturated rings. The summed E-state index contributed by atoms with van der Waals surface area (Å²) in [7, 11) is 0. The zero-order valence-electron chi connectivity index (χ0n) is 17.8. The smallest absolute Gasteiger partial charge is 0.287 e. The van der Waals surface area contributed by atoms with Crippen LogP contribution in [0.1, 0.15) is 31.9 Å². The molecule has 0 bridgehead atoms. The first-order valence-corrected chi connectivity index (χ1v) is 10.9. The van der Waals surface area contributed by atoms with Crippen molar-refractivity contribution < 1.29 is 9.13 Å². The molecule has 0 amide bonds. The average molecular weight is 427 g/mol. The summed E-state index contributed by atoms with van der Waals surface area (Å²) in [6.45, 7) is 8.96. The predicted molar refractivity (Wildman–Crippen MR) is 120 cm³/mol. The van der Waals surface area contributed by atoms with Gasteiger partial charge in [-0.15, -0.1) is 11.8 Å².